The molecule has 3 aromatic rings. The van der Waals surface area contributed by atoms with Gasteiger partial charge in [-0.2, -0.15) is 0 Å². The molecule has 1 N–H and O–H groups in total. The van der Waals surface area contributed by atoms with Gasteiger partial charge in [0.2, 0.25) is 5.91 Å². The van der Waals surface area contributed by atoms with Gasteiger partial charge in [-0.3, -0.25) is 4.79 Å². The average Bonchev–Trinajstić information content (AvgIpc) is 2.63. The quantitative estimate of drug-likeness (QED) is 0.729. The van der Waals surface area contributed by atoms with Gasteiger partial charge in [0.25, 0.3) is 0 Å². The summed E-state index contributed by atoms with van der Waals surface area (Å²) in [5.41, 5.74) is 2.34. The standard InChI is InChI=1S/C20H18FN3O2/c1-14-22-11-9-18(23-14)15-5-4-6-16(13-15)24-20(25)10-12-26-19-8-3-2-7-17(19)21/h2-9,11,13H,10,12H2,1H3,(H,24,25). The number of amides is 1. The fourth-order valence-corrected chi connectivity index (χ4v) is 2.41. The summed E-state index contributed by atoms with van der Waals surface area (Å²) in [6.45, 7) is 1.92. The summed E-state index contributed by atoms with van der Waals surface area (Å²) >= 11 is 0. The number of hydrogen-bond donors (Lipinski definition) is 1. The van der Waals surface area contributed by atoms with Crippen molar-refractivity contribution in [1.29, 1.82) is 0 Å². The highest BCUT2D eigenvalue weighted by molar-refractivity contribution is 5.91. The molecular weight excluding hydrogens is 333 g/mol. The van der Waals surface area contributed by atoms with Gasteiger partial charge in [0, 0.05) is 17.4 Å². The van der Waals surface area contributed by atoms with E-state index < -0.39 is 5.82 Å². The number of carbonyl (C=O) groups is 1. The van der Waals surface area contributed by atoms with Crippen LogP contribution in [0.4, 0.5) is 10.1 Å². The zero-order chi connectivity index (χ0) is 18.4. The number of nitrogens with zero attached hydrogens (tertiary/aromatic N) is 2. The minimum atomic E-state index is -0.444. The SMILES string of the molecule is Cc1nccc(-c2cccc(NC(=O)CCOc3ccccc3F)c2)n1. The molecule has 0 spiro atoms. The molecule has 3 rings (SSSR count). The molecule has 0 bridgehead atoms. The van der Waals surface area contributed by atoms with Crippen LogP contribution in [0.2, 0.25) is 0 Å². The predicted molar refractivity (Wildman–Crippen MR) is 97.3 cm³/mol. The van der Waals surface area contributed by atoms with Crippen LogP contribution in [0.25, 0.3) is 11.3 Å². The predicted octanol–water partition coefficient (Wildman–Crippen LogP) is 4.00. The Labute approximate surface area is 150 Å². The third kappa shape index (κ3) is 4.63. The van der Waals surface area contributed by atoms with Gasteiger partial charge in [-0.15, -0.1) is 0 Å². The van der Waals surface area contributed by atoms with E-state index in [0.29, 0.717) is 11.5 Å². The molecule has 26 heavy (non-hydrogen) atoms. The van der Waals surface area contributed by atoms with Gasteiger partial charge in [-0.1, -0.05) is 24.3 Å². The molecule has 0 aliphatic heterocycles. The Morgan fingerprint density at radius 2 is 2.00 bits per heavy atom. The summed E-state index contributed by atoms with van der Waals surface area (Å²) in [4.78, 5) is 20.5. The van der Waals surface area contributed by atoms with Crippen LogP contribution >= 0.6 is 0 Å². The Balaban J connectivity index is 1.58. The maximum Gasteiger partial charge on any atom is 0.227 e. The molecule has 0 saturated heterocycles. The van der Waals surface area contributed by atoms with Crippen molar-refractivity contribution < 1.29 is 13.9 Å². The Morgan fingerprint density at radius 3 is 2.81 bits per heavy atom. The lowest BCUT2D eigenvalue weighted by molar-refractivity contribution is -0.116. The van der Waals surface area contributed by atoms with E-state index in [0.717, 1.165) is 11.3 Å². The van der Waals surface area contributed by atoms with Crippen molar-refractivity contribution >= 4 is 11.6 Å². The normalized spacial score (nSPS) is 10.4. The van der Waals surface area contributed by atoms with E-state index in [1.807, 2.05) is 31.2 Å². The lowest BCUT2D eigenvalue weighted by atomic mass is 10.1. The first-order chi connectivity index (χ1) is 12.6. The van der Waals surface area contributed by atoms with Crippen molar-refractivity contribution in [2.24, 2.45) is 0 Å². The van der Waals surface area contributed by atoms with Crippen LogP contribution in [0.15, 0.2) is 60.8 Å². The van der Waals surface area contributed by atoms with Gasteiger partial charge in [0.15, 0.2) is 11.6 Å². The van der Waals surface area contributed by atoms with Gasteiger partial charge in [-0.25, -0.2) is 14.4 Å². The molecule has 0 aliphatic rings. The molecular formula is C20H18FN3O2. The number of anilines is 1. The zero-order valence-electron chi connectivity index (χ0n) is 14.3. The van der Waals surface area contributed by atoms with Crippen LogP contribution in [0.5, 0.6) is 5.75 Å². The number of rotatable bonds is 6. The summed E-state index contributed by atoms with van der Waals surface area (Å²) in [7, 11) is 0. The van der Waals surface area contributed by atoms with Gasteiger partial charge < -0.3 is 10.1 Å². The van der Waals surface area contributed by atoms with Crippen LogP contribution < -0.4 is 10.1 Å². The number of para-hydroxylation sites is 1. The largest absolute Gasteiger partial charge is 0.490 e. The van der Waals surface area contributed by atoms with E-state index in [2.05, 4.69) is 15.3 Å². The maximum absolute atomic E-state index is 13.5. The highest BCUT2D eigenvalue weighted by Crippen LogP contribution is 2.21. The molecule has 1 amide bonds. The van der Waals surface area contributed by atoms with Crippen molar-refractivity contribution in [2.75, 3.05) is 11.9 Å². The van der Waals surface area contributed by atoms with Crippen molar-refractivity contribution in [3.8, 4) is 17.0 Å². The number of aromatic nitrogens is 2. The second-order valence-electron chi connectivity index (χ2n) is 5.65. The zero-order valence-corrected chi connectivity index (χ0v) is 14.3. The monoisotopic (exact) mass is 351 g/mol. The Hall–Kier alpha value is -3.28. The third-order valence-corrected chi connectivity index (χ3v) is 3.64. The number of halogens is 1. The highest BCUT2D eigenvalue weighted by atomic mass is 19.1. The lowest BCUT2D eigenvalue weighted by Gasteiger charge is -2.09. The summed E-state index contributed by atoms with van der Waals surface area (Å²) < 4.78 is 18.8. The molecule has 0 unspecified atom stereocenters. The highest BCUT2D eigenvalue weighted by Gasteiger charge is 2.07. The molecule has 6 heteroatoms. The topological polar surface area (TPSA) is 64.1 Å². The minimum absolute atomic E-state index is 0.0948. The van der Waals surface area contributed by atoms with Crippen LogP contribution in [0, 0.1) is 12.7 Å². The summed E-state index contributed by atoms with van der Waals surface area (Å²) in [5, 5.41) is 2.81. The van der Waals surface area contributed by atoms with Crippen LogP contribution in [-0.4, -0.2) is 22.5 Å². The number of carbonyl (C=O) groups excluding carboxylic acids is 1. The summed E-state index contributed by atoms with van der Waals surface area (Å²) in [5.74, 6) is 0.168. The number of hydrogen-bond acceptors (Lipinski definition) is 4. The molecule has 2 aromatic carbocycles. The van der Waals surface area contributed by atoms with Gasteiger partial charge >= 0.3 is 0 Å². The Bertz CT molecular complexity index is 915. The van der Waals surface area contributed by atoms with E-state index in [4.69, 9.17) is 4.74 Å². The number of nitrogens with one attached hydrogen (secondary N) is 1. The van der Waals surface area contributed by atoms with E-state index in [1.165, 1.54) is 12.1 Å². The Morgan fingerprint density at radius 1 is 1.15 bits per heavy atom. The fourth-order valence-electron chi connectivity index (χ4n) is 2.41. The molecule has 0 aliphatic carbocycles. The number of benzene rings is 2. The first kappa shape index (κ1) is 17.5. The first-order valence-corrected chi connectivity index (χ1v) is 8.19. The van der Waals surface area contributed by atoms with Crippen molar-refractivity contribution in [2.45, 2.75) is 13.3 Å². The van der Waals surface area contributed by atoms with E-state index in [-0.39, 0.29) is 24.7 Å². The van der Waals surface area contributed by atoms with Gasteiger partial charge in [-0.05, 0) is 37.3 Å². The van der Waals surface area contributed by atoms with E-state index in [1.54, 1.807) is 24.4 Å². The second kappa shape index (κ2) is 8.20. The van der Waals surface area contributed by atoms with Crippen molar-refractivity contribution in [3.63, 3.8) is 0 Å². The maximum atomic E-state index is 13.5. The Kier molecular flexibility index (Phi) is 5.53. The first-order valence-electron chi connectivity index (χ1n) is 8.19. The third-order valence-electron chi connectivity index (χ3n) is 3.64. The van der Waals surface area contributed by atoms with Crippen LogP contribution in [0.1, 0.15) is 12.2 Å². The molecule has 0 atom stereocenters. The number of aryl methyl sites for hydroxylation is 1. The summed E-state index contributed by atoms with van der Waals surface area (Å²) in [6, 6.07) is 15.3. The smallest absolute Gasteiger partial charge is 0.227 e. The van der Waals surface area contributed by atoms with Crippen molar-refractivity contribution in [1.82, 2.24) is 9.97 Å². The average molecular weight is 351 g/mol. The van der Waals surface area contributed by atoms with Gasteiger partial charge in [0.05, 0.1) is 18.7 Å². The lowest BCUT2D eigenvalue weighted by Crippen LogP contribution is -2.15. The second-order valence-corrected chi connectivity index (χ2v) is 5.65. The summed E-state index contributed by atoms with van der Waals surface area (Å²) in [6.07, 6.45) is 1.81. The van der Waals surface area contributed by atoms with Crippen LogP contribution in [-0.2, 0) is 4.79 Å². The van der Waals surface area contributed by atoms with E-state index >= 15 is 0 Å². The molecule has 0 radical (unpaired) electrons. The number of ether oxygens (including phenoxy) is 1. The molecule has 0 fully saturated rings. The van der Waals surface area contributed by atoms with Crippen LogP contribution in [0.3, 0.4) is 0 Å². The van der Waals surface area contributed by atoms with E-state index in [9.17, 15) is 9.18 Å². The van der Waals surface area contributed by atoms with Gasteiger partial charge in [0.1, 0.15) is 5.82 Å². The van der Waals surface area contributed by atoms with Crippen molar-refractivity contribution in [3.05, 3.63) is 72.4 Å². The fraction of sp³-hybridized carbons (Fsp3) is 0.150. The molecule has 1 heterocycles. The minimum Gasteiger partial charge on any atom is -0.490 e. The molecule has 132 valence electrons. The molecule has 1 aromatic heterocycles. The molecule has 0 saturated carbocycles. The molecule has 5 nitrogen and oxygen atoms in total.